The van der Waals surface area contributed by atoms with E-state index in [1.807, 2.05) is 20.8 Å². The van der Waals surface area contributed by atoms with Crippen LogP contribution < -0.4 is 4.74 Å². The summed E-state index contributed by atoms with van der Waals surface area (Å²) in [6.45, 7) is 9.24. The van der Waals surface area contributed by atoms with Crippen LogP contribution in [-0.2, 0) is 9.47 Å². The van der Waals surface area contributed by atoms with Crippen molar-refractivity contribution in [2.45, 2.75) is 58.1 Å². The smallest absolute Gasteiger partial charge is 0.413 e. The molecule has 0 unspecified atom stereocenters. The molecule has 24 heavy (non-hydrogen) atoms. The van der Waals surface area contributed by atoms with Crippen LogP contribution in [0.5, 0.6) is 5.75 Å². The molecule has 1 aromatic carbocycles. The third-order valence-electron chi connectivity index (χ3n) is 3.93. The van der Waals surface area contributed by atoms with Crippen molar-refractivity contribution in [3.63, 3.8) is 0 Å². The molecule has 0 spiro atoms. The minimum absolute atomic E-state index is 0.236. The lowest BCUT2D eigenvalue weighted by Gasteiger charge is -2.36. The highest BCUT2D eigenvalue weighted by Crippen LogP contribution is 2.35. The normalized spacial score (nSPS) is 21.5. The van der Waals surface area contributed by atoms with Crippen LogP contribution in [0.25, 0.3) is 0 Å². The summed E-state index contributed by atoms with van der Waals surface area (Å²) in [7, 11) is 1.59. The van der Waals surface area contributed by atoms with Crippen LogP contribution in [0.3, 0.4) is 0 Å². The molecule has 1 aliphatic heterocycles. The first-order chi connectivity index (χ1) is 11.0. The van der Waals surface area contributed by atoms with Crippen molar-refractivity contribution < 1.29 is 24.1 Å². The van der Waals surface area contributed by atoms with Gasteiger partial charge >= 0.3 is 6.09 Å². The van der Waals surface area contributed by atoms with Crippen molar-refractivity contribution in [2.75, 3.05) is 13.7 Å². The topological polar surface area (TPSA) is 68.2 Å². The second-order valence-corrected chi connectivity index (χ2v) is 7.39. The number of methoxy groups -OCH3 is 1. The van der Waals surface area contributed by atoms with Gasteiger partial charge in [-0.3, -0.25) is 4.90 Å². The van der Waals surface area contributed by atoms with Gasteiger partial charge in [0.1, 0.15) is 23.2 Å². The molecule has 2 atom stereocenters. The van der Waals surface area contributed by atoms with E-state index in [4.69, 9.17) is 14.2 Å². The maximum absolute atomic E-state index is 12.6. The first kappa shape index (κ1) is 18.5. The molecule has 1 amide bonds. The fourth-order valence-electron chi connectivity index (χ4n) is 2.75. The first-order valence-corrected chi connectivity index (χ1v) is 8.03. The number of nitrogens with zero attached hydrogens (tertiary/aromatic N) is 1. The van der Waals surface area contributed by atoms with Gasteiger partial charge in [0.15, 0.2) is 0 Å². The fraction of sp³-hybridized carbons (Fsp3) is 0.611. The van der Waals surface area contributed by atoms with Crippen LogP contribution >= 0.6 is 0 Å². The highest BCUT2D eigenvalue weighted by atomic mass is 16.6. The van der Waals surface area contributed by atoms with E-state index in [0.717, 1.165) is 0 Å². The van der Waals surface area contributed by atoms with Gasteiger partial charge in [-0.15, -0.1) is 0 Å². The third-order valence-corrected chi connectivity index (χ3v) is 3.93. The van der Waals surface area contributed by atoms with E-state index < -0.39 is 29.6 Å². The second-order valence-electron chi connectivity index (χ2n) is 7.39. The molecule has 1 aliphatic rings. The average Bonchev–Trinajstić information content (AvgIpc) is 2.80. The molecule has 6 heteroatoms. The number of aliphatic hydroxyl groups is 1. The van der Waals surface area contributed by atoms with E-state index >= 15 is 0 Å². The Labute approximate surface area is 143 Å². The maximum atomic E-state index is 12.6. The quantitative estimate of drug-likeness (QED) is 0.918. The van der Waals surface area contributed by atoms with Crippen LogP contribution in [0.15, 0.2) is 24.3 Å². The first-order valence-electron chi connectivity index (χ1n) is 8.03. The fourth-order valence-corrected chi connectivity index (χ4v) is 2.75. The molecule has 1 saturated heterocycles. The second kappa shape index (κ2) is 6.61. The monoisotopic (exact) mass is 337 g/mol. The number of hydrogen-bond donors (Lipinski definition) is 1. The van der Waals surface area contributed by atoms with E-state index in [1.54, 1.807) is 45.2 Å². The van der Waals surface area contributed by atoms with Gasteiger partial charge in [0, 0.05) is 0 Å². The van der Waals surface area contributed by atoms with E-state index in [1.165, 1.54) is 4.90 Å². The van der Waals surface area contributed by atoms with Gasteiger partial charge in [0.25, 0.3) is 0 Å². The van der Waals surface area contributed by atoms with E-state index in [2.05, 4.69) is 0 Å². The molecule has 0 saturated carbocycles. The molecule has 6 nitrogen and oxygen atoms in total. The van der Waals surface area contributed by atoms with Gasteiger partial charge in [-0.2, -0.15) is 0 Å². The Hall–Kier alpha value is -1.79. The summed E-state index contributed by atoms with van der Waals surface area (Å²) >= 11 is 0. The highest BCUT2D eigenvalue weighted by molar-refractivity contribution is 5.70. The summed E-state index contributed by atoms with van der Waals surface area (Å²) in [5.41, 5.74) is -0.776. The SMILES string of the molecule is COc1ccc([C@@H](O)[C@H]2COC(C)(C)N2C(=O)OC(C)(C)C)cc1. The molecule has 0 aromatic heterocycles. The van der Waals surface area contributed by atoms with Crippen LogP contribution in [0.2, 0.25) is 0 Å². The molecule has 134 valence electrons. The van der Waals surface area contributed by atoms with Crippen molar-refractivity contribution in [3.05, 3.63) is 29.8 Å². The van der Waals surface area contributed by atoms with E-state index in [9.17, 15) is 9.90 Å². The Bertz CT molecular complexity index is 576. The van der Waals surface area contributed by atoms with Crippen molar-refractivity contribution in [2.24, 2.45) is 0 Å². The predicted octanol–water partition coefficient (Wildman–Crippen LogP) is 3.10. The molecule has 1 heterocycles. The lowest BCUT2D eigenvalue weighted by Crippen LogP contribution is -2.51. The predicted molar refractivity (Wildman–Crippen MR) is 89.8 cm³/mol. The largest absolute Gasteiger partial charge is 0.497 e. The zero-order chi connectivity index (χ0) is 18.1. The van der Waals surface area contributed by atoms with Crippen molar-refractivity contribution in [1.82, 2.24) is 4.90 Å². The number of carbonyl (C=O) groups is 1. The number of rotatable bonds is 3. The summed E-state index contributed by atoms with van der Waals surface area (Å²) < 4.78 is 16.3. The number of aliphatic hydroxyl groups excluding tert-OH is 1. The number of benzene rings is 1. The molecule has 1 fully saturated rings. The summed E-state index contributed by atoms with van der Waals surface area (Å²) in [6.07, 6.45) is -1.38. The third kappa shape index (κ3) is 3.99. The number of amides is 1. The maximum Gasteiger partial charge on any atom is 0.413 e. The van der Waals surface area contributed by atoms with Crippen LogP contribution in [0.4, 0.5) is 4.79 Å². The van der Waals surface area contributed by atoms with Gasteiger partial charge in [-0.25, -0.2) is 4.79 Å². The molecule has 0 aliphatic carbocycles. The number of ether oxygens (including phenoxy) is 3. The number of carbonyl (C=O) groups excluding carboxylic acids is 1. The molecular formula is C18H27NO5. The van der Waals surface area contributed by atoms with Crippen LogP contribution in [-0.4, -0.2) is 47.2 Å². The molecule has 2 rings (SSSR count). The van der Waals surface area contributed by atoms with Crippen molar-refractivity contribution >= 4 is 6.09 Å². The Morgan fingerprint density at radius 3 is 2.42 bits per heavy atom. The summed E-state index contributed by atoms with van der Waals surface area (Å²) in [4.78, 5) is 14.1. The highest BCUT2D eigenvalue weighted by Gasteiger charge is 2.48. The molecule has 0 bridgehead atoms. The van der Waals surface area contributed by atoms with E-state index in [0.29, 0.717) is 11.3 Å². The van der Waals surface area contributed by atoms with Crippen molar-refractivity contribution in [3.8, 4) is 5.75 Å². The minimum atomic E-state index is -0.884. The standard InChI is InChI=1S/C18H27NO5/c1-17(2,3)24-16(21)19-14(11-23-18(19,4)5)15(20)12-7-9-13(22-6)10-8-12/h7-10,14-15,20H,11H2,1-6H3/t14-,15-/m1/s1. The Morgan fingerprint density at radius 1 is 1.33 bits per heavy atom. The van der Waals surface area contributed by atoms with Crippen LogP contribution in [0, 0.1) is 0 Å². The zero-order valence-electron chi connectivity index (χ0n) is 15.2. The Kier molecular flexibility index (Phi) is 5.11. The summed E-state index contributed by atoms with van der Waals surface area (Å²) in [5, 5.41) is 10.8. The Morgan fingerprint density at radius 2 is 1.92 bits per heavy atom. The van der Waals surface area contributed by atoms with Gasteiger partial charge < -0.3 is 19.3 Å². The van der Waals surface area contributed by atoms with Gasteiger partial charge in [-0.05, 0) is 52.3 Å². The molecule has 0 radical (unpaired) electrons. The molecular weight excluding hydrogens is 310 g/mol. The average molecular weight is 337 g/mol. The zero-order valence-corrected chi connectivity index (χ0v) is 15.2. The number of hydrogen-bond acceptors (Lipinski definition) is 5. The minimum Gasteiger partial charge on any atom is -0.497 e. The lowest BCUT2D eigenvalue weighted by molar-refractivity contribution is -0.0679. The van der Waals surface area contributed by atoms with Gasteiger partial charge in [0.05, 0.1) is 19.8 Å². The Balaban J connectivity index is 2.24. The van der Waals surface area contributed by atoms with Crippen molar-refractivity contribution in [1.29, 1.82) is 0 Å². The van der Waals surface area contributed by atoms with Gasteiger partial charge in [-0.1, -0.05) is 12.1 Å². The summed E-state index contributed by atoms with van der Waals surface area (Å²) in [5.74, 6) is 0.706. The molecule has 1 N–H and O–H groups in total. The van der Waals surface area contributed by atoms with Gasteiger partial charge in [0.2, 0.25) is 0 Å². The molecule has 1 aromatic rings. The van der Waals surface area contributed by atoms with E-state index in [-0.39, 0.29) is 6.61 Å². The van der Waals surface area contributed by atoms with Crippen LogP contribution in [0.1, 0.15) is 46.3 Å². The lowest BCUT2D eigenvalue weighted by atomic mass is 10.0. The summed E-state index contributed by atoms with van der Waals surface area (Å²) in [6, 6.07) is 6.59.